The van der Waals surface area contributed by atoms with Crippen molar-refractivity contribution in [2.24, 2.45) is 0 Å². The van der Waals surface area contributed by atoms with Crippen molar-refractivity contribution in [2.45, 2.75) is 32.7 Å². The van der Waals surface area contributed by atoms with Crippen molar-refractivity contribution in [1.82, 2.24) is 9.80 Å². The number of carbonyl (C=O) groups is 2. The van der Waals surface area contributed by atoms with Crippen molar-refractivity contribution in [3.05, 3.63) is 34.3 Å². The molecule has 5 nitrogen and oxygen atoms in total. The monoisotopic (exact) mass is 338 g/mol. The molecule has 0 unspecified atom stereocenters. The minimum Gasteiger partial charge on any atom is -0.480 e. The lowest BCUT2D eigenvalue weighted by atomic mass is 10.0. The Hall–Kier alpha value is -1.59. The van der Waals surface area contributed by atoms with Crippen molar-refractivity contribution in [2.75, 3.05) is 26.2 Å². The van der Waals surface area contributed by atoms with Gasteiger partial charge in [0, 0.05) is 29.7 Å². The van der Waals surface area contributed by atoms with E-state index in [-0.39, 0.29) is 18.5 Å². The first-order valence-corrected chi connectivity index (χ1v) is 8.31. The highest BCUT2D eigenvalue weighted by molar-refractivity contribution is 6.31. The number of amides is 1. The summed E-state index contributed by atoms with van der Waals surface area (Å²) in [6.45, 7) is 5.93. The summed E-state index contributed by atoms with van der Waals surface area (Å²) in [5.41, 5.74) is 1.56. The fraction of sp³-hybridized carbons (Fsp3) is 0.529. The summed E-state index contributed by atoms with van der Waals surface area (Å²) >= 11 is 6.10. The van der Waals surface area contributed by atoms with Crippen LogP contribution in [0.15, 0.2) is 18.2 Å². The van der Waals surface area contributed by atoms with Crippen LogP contribution in [0.25, 0.3) is 0 Å². The van der Waals surface area contributed by atoms with Gasteiger partial charge in [-0.2, -0.15) is 0 Å². The van der Waals surface area contributed by atoms with Gasteiger partial charge in [-0.3, -0.25) is 14.5 Å². The van der Waals surface area contributed by atoms with E-state index in [4.69, 9.17) is 16.7 Å². The number of benzene rings is 1. The quantitative estimate of drug-likeness (QED) is 0.896. The lowest BCUT2D eigenvalue weighted by Crippen LogP contribution is -2.48. The topological polar surface area (TPSA) is 60.9 Å². The average Bonchev–Trinajstić information content (AvgIpc) is 2.54. The number of likely N-dealkylation sites (N-methyl/N-ethyl adjacent to an activating group) is 1. The zero-order valence-corrected chi connectivity index (χ0v) is 14.3. The zero-order valence-electron chi connectivity index (χ0n) is 13.6. The number of aliphatic carboxylic acids is 1. The van der Waals surface area contributed by atoms with Gasteiger partial charge < -0.3 is 10.0 Å². The van der Waals surface area contributed by atoms with E-state index in [0.29, 0.717) is 30.2 Å². The summed E-state index contributed by atoms with van der Waals surface area (Å²) in [6.07, 6.45) is 1.60. The van der Waals surface area contributed by atoms with Crippen LogP contribution in [0.3, 0.4) is 0 Å². The van der Waals surface area contributed by atoms with Crippen molar-refractivity contribution in [3.8, 4) is 0 Å². The second kappa shape index (κ2) is 7.79. The Morgan fingerprint density at radius 1 is 1.35 bits per heavy atom. The molecule has 0 aliphatic carbocycles. The fourth-order valence-electron chi connectivity index (χ4n) is 3.02. The first kappa shape index (κ1) is 17.8. The Balaban J connectivity index is 1.96. The second-order valence-corrected chi connectivity index (χ2v) is 6.35. The van der Waals surface area contributed by atoms with Crippen molar-refractivity contribution in [1.29, 1.82) is 0 Å². The number of carbonyl (C=O) groups excluding carboxylic acids is 1. The number of hydrogen-bond donors (Lipinski definition) is 1. The highest BCUT2D eigenvalue weighted by Gasteiger charge is 2.27. The third kappa shape index (κ3) is 4.45. The predicted molar refractivity (Wildman–Crippen MR) is 90.0 cm³/mol. The molecule has 1 N–H and O–H groups in total. The zero-order chi connectivity index (χ0) is 17.0. The highest BCUT2D eigenvalue weighted by atomic mass is 35.5. The molecule has 0 saturated carbocycles. The van der Waals surface area contributed by atoms with Gasteiger partial charge in [-0.25, -0.2) is 0 Å². The maximum absolute atomic E-state index is 12.5. The third-order valence-electron chi connectivity index (χ3n) is 4.43. The summed E-state index contributed by atoms with van der Waals surface area (Å²) in [5, 5.41) is 9.57. The molecule has 0 bridgehead atoms. The first-order chi connectivity index (χ1) is 10.9. The van der Waals surface area contributed by atoms with Crippen LogP contribution in [0.2, 0.25) is 5.02 Å². The van der Waals surface area contributed by atoms with Gasteiger partial charge >= 0.3 is 5.97 Å². The molecule has 6 heteroatoms. The van der Waals surface area contributed by atoms with Crippen molar-refractivity contribution >= 4 is 23.5 Å². The molecule has 1 fully saturated rings. The van der Waals surface area contributed by atoms with Gasteiger partial charge in [-0.15, -0.1) is 0 Å². The molecule has 2 rings (SSSR count). The molecule has 1 amide bonds. The van der Waals surface area contributed by atoms with Gasteiger partial charge in [0.05, 0.1) is 6.54 Å². The molecule has 23 heavy (non-hydrogen) atoms. The Bertz CT molecular complexity index is 583. The molecular weight excluding hydrogens is 316 g/mol. The largest absolute Gasteiger partial charge is 0.480 e. The number of rotatable bonds is 5. The van der Waals surface area contributed by atoms with E-state index >= 15 is 0 Å². The number of halogens is 1. The Labute approximate surface area is 141 Å². The smallest absolute Gasteiger partial charge is 0.317 e. The summed E-state index contributed by atoms with van der Waals surface area (Å²) in [4.78, 5) is 27.2. The number of carboxylic acid groups (broad SMARTS) is 1. The minimum absolute atomic E-state index is 0.00775. The van der Waals surface area contributed by atoms with Crippen LogP contribution in [0.4, 0.5) is 0 Å². The number of aryl methyl sites for hydroxylation is 1. The minimum atomic E-state index is -0.806. The Kier molecular flexibility index (Phi) is 6.02. The molecule has 1 saturated heterocycles. The lowest BCUT2D eigenvalue weighted by molar-refractivity contribution is -0.139. The van der Waals surface area contributed by atoms with E-state index in [9.17, 15) is 9.59 Å². The van der Waals surface area contributed by atoms with E-state index in [1.54, 1.807) is 12.1 Å². The molecular formula is C17H23ClN2O3. The molecule has 0 aromatic heterocycles. The Morgan fingerprint density at radius 3 is 2.52 bits per heavy atom. The van der Waals surface area contributed by atoms with E-state index < -0.39 is 5.97 Å². The average molecular weight is 339 g/mol. The second-order valence-electron chi connectivity index (χ2n) is 5.94. The maximum Gasteiger partial charge on any atom is 0.317 e. The molecule has 1 aromatic rings. The van der Waals surface area contributed by atoms with Crippen LogP contribution in [0.1, 0.15) is 35.7 Å². The summed E-state index contributed by atoms with van der Waals surface area (Å²) < 4.78 is 0. The van der Waals surface area contributed by atoms with Gasteiger partial charge in [-0.1, -0.05) is 24.6 Å². The SMILES string of the molecule is CCN(CC(=O)O)C1CCN(C(=O)c2ccc(C)c(Cl)c2)CC1. The molecule has 1 aliphatic heterocycles. The fourth-order valence-corrected chi connectivity index (χ4v) is 3.20. The summed E-state index contributed by atoms with van der Waals surface area (Å²) in [7, 11) is 0. The lowest BCUT2D eigenvalue weighted by Gasteiger charge is -2.37. The number of likely N-dealkylation sites (tertiary alicyclic amines) is 1. The summed E-state index contributed by atoms with van der Waals surface area (Å²) in [5.74, 6) is -0.814. The van der Waals surface area contributed by atoms with Crippen LogP contribution in [0, 0.1) is 6.92 Å². The van der Waals surface area contributed by atoms with Crippen LogP contribution in [0.5, 0.6) is 0 Å². The van der Waals surface area contributed by atoms with Crippen LogP contribution >= 0.6 is 11.6 Å². The van der Waals surface area contributed by atoms with Gasteiger partial charge in [0.25, 0.3) is 5.91 Å². The molecule has 126 valence electrons. The van der Waals surface area contributed by atoms with E-state index in [1.807, 2.05) is 29.7 Å². The van der Waals surface area contributed by atoms with Crippen LogP contribution in [-0.4, -0.2) is 59.0 Å². The molecule has 0 spiro atoms. The number of carboxylic acids is 1. The van der Waals surface area contributed by atoms with Gasteiger partial charge in [-0.05, 0) is 44.0 Å². The van der Waals surface area contributed by atoms with Crippen molar-refractivity contribution in [3.63, 3.8) is 0 Å². The standard InChI is InChI=1S/C17H23ClN2O3/c1-3-19(11-16(21)22)14-6-8-20(9-7-14)17(23)13-5-4-12(2)15(18)10-13/h4-5,10,14H,3,6-9,11H2,1-2H3,(H,21,22). The first-order valence-electron chi connectivity index (χ1n) is 7.93. The normalized spacial score (nSPS) is 15.9. The molecule has 0 atom stereocenters. The highest BCUT2D eigenvalue weighted by Crippen LogP contribution is 2.21. The molecule has 1 heterocycles. The third-order valence-corrected chi connectivity index (χ3v) is 4.84. The van der Waals surface area contributed by atoms with Crippen molar-refractivity contribution < 1.29 is 14.7 Å². The van der Waals surface area contributed by atoms with E-state index in [1.165, 1.54) is 0 Å². The van der Waals surface area contributed by atoms with E-state index in [2.05, 4.69) is 0 Å². The predicted octanol–water partition coefficient (Wildman–Crippen LogP) is 2.66. The van der Waals surface area contributed by atoms with Crippen LogP contribution < -0.4 is 0 Å². The number of nitrogens with zero attached hydrogens (tertiary/aromatic N) is 2. The number of hydrogen-bond acceptors (Lipinski definition) is 3. The van der Waals surface area contributed by atoms with Gasteiger partial charge in [0.2, 0.25) is 0 Å². The molecule has 1 aromatic carbocycles. The number of piperidine rings is 1. The van der Waals surface area contributed by atoms with Gasteiger partial charge in [0.15, 0.2) is 0 Å². The maximum atomic E-state index is 12.5. The molecule has 1 aliphatic rings. The van der Waals surface area contributed by atoms with Gasteiger partial charge in [0.1, 0.15) is 0 Å². The Morgan fingerprint density at radius 2 is 2.00 bits per heavy atom. The summed E-state index contributed by atoms with van der Waals surface area (Å²) in [6, 6.07) is 5.60. The van der Waals surface area contributed by atoms with E-state index in [0.717, 1.165) is 18.4 Å². The van der Waals surface area contributed by atoms with Crippen LogP contribution in [-0.2, 0) is 4.79 Å². The molecule has 0 radical (unpaired) electrons.